The van der Waals surface area contributed by atoms with Crippen molar-refractivity contribution in [1.82, 2.24) is 15.0 Å². The van der Waals surface area contributed by atoms with Gasteiger partial charge in [0.15, 0.2) is 0 Å². The third-order valence-electron chi connectivity index (χ3n) is 2.14. The van der Waals surface area contributed by atoms with Crippen LogP contribution in [0.2, 0.25) is 0 Å². The molecule has 6 heteroatoms. The van der Waals surface area contributed by atoms with Crippen molar-refractivity contribution in [1.29, 1.82) is 5.26 Å². The molecular formula is C11H11N5S. The van der Waals surface area contributed by atoms with Crippen molar-refractivity contribution < 1.29 is 0 Å². The average molecular weight is 245 g/mol. The van der Waals surface area contributed by atoms with Gasteiger partial charge in [-0.05, 0) is 19.9 Å². The first-order valence-corrected chi connectivity index (χ1v) is 5.98. The van der Waals surface area contributed by atoms with Crippen LogP contribution in [0.15, 0.2) is 17.6 Å². The van der Waals surface area contributed by atoms with Gasteiger partial charge < -0.3 is 5.32 Å². The smallest absolute Gasteiger partial charge is 0.224 e. The second-order valence-electron chi connectivity index (χ2n) is 3.57. The van der Waals surface area contributed by atoms with Gasteiger partial charge in [0.25, 0.3) is 0 Å². The first-order chi connectivity index (χ1) is 8.19. The third-order valence-corrected chi connectivity index (χ3v) is 3.09. The van der Waals surface area contributed by atoms with E-state index in [9.17, 15) is 0 Å². The van der Waals surface area contributed by atoms with Gasteiger partial charge in [-0.15, -0.1) is 11.3 Å². The maximum atomic E-state index is 8.83. The number of aromatic nitrogens is 3. The number of anilines is 1. The molecule has 5 nitrogen and oxygen atoms in total. The molecule has 0 amide bonds. The molecule has 1 N–H and O–H groups in total. The van der Waals surface area contributed by atoms with Crippen LogP contribution in [0, 0.1) is 18.3 Å². The molecule has 17 heavy (non-hydrogen) atoms. The fourth-order valence-electron chi connectivity index (χ4n) is 1.39. The van der Waals surface area contributed by atoms with E-state index in [-0.39, 0.29) is 6.04 Å². The van der Waals surface area contributed by atoms with Gasteiger partial charge >= 0.3 is 0 Å². The van der Waals surface area contributed by atoms with E-state index in [0.717, 1.165) is 10.7 Å². The molecule has 0 aromatic carbocycles. The Morgan fingerprint density at radius 2 is 2.29 bits per heavy atom. The largest absolute Gasteiger partial charge is 0.345 e. The summed E-state index contributed by atoms with van der Waals surface area (Å²) in [6, 6.07) is 3.69. The second-order valence-corrected chi connectivity index (χ2v) is 4.49. The summed E-state index contributed by atoms with van der Waals surface area (Å²) in [5.74, 6) is 0.462. The summed E-state index contributed by atoms with van der Waals surface area (Å²) in [5, 5.41) is 14.8. The molecule has 2 aromatic heterocycles. The Morgan fingerprint density at radius 1 is 1.47 bits per heavy atom. The Balaban J connectivity index is 2.19. The van der Waals surface area contributed by atoms with E-state index in [1.54, 1.807) is 23.6 Å². The molecular weight excluding hydrogens is 234 g/mol. The Bertz CT molecular complexity index is 543. The molecule has 2 aromatic rings. The Morgan fingerprint density at radius 3 is 2.94 bits per heavy atom. The Kier molecular flexibility index (Phi) is 3.30. The second kappa shape index (κ2) is 4.89. The van der Waals surface area contributed by atoms with Crippen molar-refractivity contribution in [2.24, 2.45) is 0 Å². The van der Waals surface area contributed by atoms with E-state index < -0.39 is 0 Å². The van der Waals surface area contributed by atoms with E-state index in [2.05, 4.69) is 20.3 Å². The van der Waals surface area contributed by atoms with Crippen molar-refractivity contribution in [3.63, 3.8) is 0 Å². The topological polar surface area (TPSA) is 74.5 Å². The molecule has 0 fully saturated rings. The Labute approximate surface area is 103 Å². The molecule has 0 aliphatic rings. The van der Waals surface area contributed by atoms with Crippen LogP contribution in [0.1, 0.15) is 29.4 Å². The summed E-state index contributed by atoms with van der Waals surface area (Å²) in [5.41, 5.74) is 1.14. The quantitative estimate of drug-likeness (QED) is 0.898. The number of nitriles is 1. The molecule has 1 unspecified atom stereocenters. The van der Waals surface area contributed by atoms with Gasteiger partial charge in [-0.2, -0.15) is 5.26 Å². The average Bonchev–Trinajstić information content (AvgIpc) is 2.81. The maximum Gasteiger partial charge on any atom is 0.224 e. The number of nitrogens with zero attached hydrogens (tertiary/aromatic N) is 4. The van der Waals surface area contributed by atoms with E-state index in [4.69, 9.17) is 5.26 Å². The van der Waals surface area contributed by atoms with E-state index >= 15 is 0 Å². The molecule has 2 rings (SSSR count). The fourth-order valence-corrected chi connectivity index (χ4v) is 2.04. The normalized spacial score (nSPS) is 11.8. The molecule has 0 aliphatic heterocycles. The number of nitrogens with one attached hydrogen (secondary N) is 1. The Hall–Kier alpha value is -2.00. The van der Waals surface area contributed by atoms with Crippen molar-refractivity contribution in [2.75, 3.05) is 5.32 Å². The molecule has 0 bridgehead atoms. The molecule has 0 aliphatic carbocycles. The van der Waals surface area contributed by atoms with Crippen molar-refractivity contribution >= 4 is 17.3 Å². The lowest BCUT2D eigenvalue weighted by Crippen LogP contribution is -2.10. The predicted octanol–water partition coefficient (Wildman–Crippen LogP) is 2.29. The van der Waals surface area contributed by atoms with Gasteiger partial charge in [0.05, 0.1) is 6.04 Å². The zero-order chi connectivity index (χ0) is 12.3. The van der Waals surface area contributed by atoms with E-state index in [1.165, 1.54) is 0 Å². The maximum absolute atomic E-state index is 8.83. The zero-order valence-electron chi connectivity index (χ0n) is 9.51. The lowest BCUT2D eigenvalue weighted by Gasteiger charge is -2.11. The van der Waals surface area contributed by atoms with Gasteiger partial charge in [0, 0.05) is 17.3 Å². The number of thiazole rings is 1. The highest BCUT2D eigenvalue weighted by atomic mass is 32.1. The zero-order valence-corrected chi connectivity index (χ0v) is 10.3. The van der Waals surface area contributed by atoms with Crippen molar-refractivity contribution in [2.45, 2.75) is 19.9 Å². The highest BCUT2D eigenvalue weighted by molar-refractivity contribution is 7.09. The van der Waals surface area contributed by atoms with Gasteiger partial charge in [0.2, 0.25) is 5.95 Å². The highest BCUT2D eigenvalue weighted by Crippen LogP contribution is 2.18. The van der Waals surface area contributed by atoms with Gasteiger partial charge in [0.1, 0.15) is 16.8 Å². The molecule has 2 heterocycles. The summed E-state index contributed by atoms with van der Waals surface area (Å²) in [6.07, 6.45) is 1.76. The van der Waals surface area contributed by atoms with E-state index in [1.807, 2.05) is 25.3 Å². The highest BCUT2D eigenvalue weighted by Gasteiger charge is 2.10. The van der Waals surface area contributed by atoms with Crippen molar-refractivity contribution in [3.8, 4) is 6.07 Å². The van der Waals surface area contributed by atoms with Gasteiger partial charge in [-0.3, -0.25) is 0 Å². The minimum atomic E-state index is 0.0309. The third kappa shape index (κ3) is 2.77. The molecule has 1 atom stereocenters. The van der Waals surface area contributed by atoms with E-state index in [0.29, 0.717) is 11.6 Å². The van der Waals surface area contributed by atoms with Crippen LogP contribution in [0.4, 0.5) is 5.95 Å². The van der Waals surface area contributed by atoms with Crippen LogP contribution < -0.4 is 5.32 Å². The summed E-state index contributed by atoms with van der Waals surface area (Å²) < 4.78 is 0. The SMILES string of the molecule is Cc1cc(C#N)nc(NC(C)c2nccs2)n1. The standard InChI is InChI=1S/C11H11N5S/c1-7-5-9(6-12)16-11(14-7)15-8(2)10-13-3-4-17-10/h3-5,8H,1-2H3,(H,14,15,16). The summed E-state index contributed by atoms with van der Waals surface area (Å²) in [6.45, 7) is 3.82. The number of hydrogen-bond acceptors (Lipinski definition) is 6. The van der Waals surface area contributed by atoms with Crippen LogP contribution in [0.3, 0.4) is 0 Å². The molecule has 0 saturated carbocycles. The summed E-state index contributed by atoms with van der Waals surface area (Å²) in [4.78, 5) is 12.5. The van der Waals surface area contributed by atoms with Crippen LogP contribution in [0.5, 0.6) is 0 Å². The minimum absolute atomic E-state index is 0.0309. The first kappa shape index (κ1) is 11.5. The number of rotatable bonds is 3. The first-order valence-electron chi connectivity index (χ1n) is 5.11. The minimum Gasteiger partial charge on any atom is -0.345 e. The molecule has 86 valence electrons. The lowest BCUT2D eigenvalue weighted by molar-refractivity contribution is 0.844. The fraction of sp³-hybridized carbons (Fsp3) is 0.273. The monoisotopic (exact) mass is 245 g/mol. The van der Waals surface area contributed by atoms with Gasteiger partial charge in [-0.25, -0.2) is 15.0 Å². The number of hydrogen-bond donors (Lipinski definition) is 1. The number of aryl methyl sites for hydroxylation is 1. The molecule has 0 spiro atoms. The molecule has 0 saturated heterocycles. The van der Waals surface area contributed by atoms with Crippen LogP contribution in [-0.2, 0) is 0 Å². The van der Waals surface area contributed by atoms with Crippen molar-refractivity contribution in [3.05, 3.63) is 34.0 Å². The molecule has 0 radical (unpaired) electrons. The predicted molar refractivity (Wildman–Crippen MR) is 65.6 cm³/mol. The lowest BCUT2D eigenvalue weighted by atomic mass is 10.3. The van der Waals surface area contributed by atoms with Crippen LogP contribution >= 0.6 is 11.3 Å². The van der Waals surface area contributed by atoms with Gasteiger partial charge in [-0.1, -0.05) is 0 Å². The van der Waals surface area contributed by atoms with Crippen LogP contribution in [-0.4, -0.2) is 15.0 Å². The summed E-state index contributed by atoms with van der Waals surface area (Å²) >= 11 is 1.57. The van der Waals surface area contributed by atoms with Crippen LogP contribution in [0.25, 0.3) is 0 Å². The summed E-state index contributed by atoms with van der Waals surface area (Å²) in [7, 11) is 0.